The van der Waals surface area contributed by atoms with Gasteiger partial charge in [0.25, 0.3) is 5.91 Å². The van der Waals surface area contributed by atoms with Crippen molar-refractivity contribution in [3.8, 4) is 0 Å². The number of piperidine rings is 1. The lowest BCUT2D eigenvalue weighted by atomic mass is 9.85. The Morgan fingerprint density at radius 2 is 1.58 bits per heavy atom. The maximum atomic E-state index is 13.7. The topological polar surface area (TPSA) is 32.3 Å². The standard InChI is InChI=1S/C22H21F7N2O.ClH/c1-12-7-13(3-4-18(12)23)17-11-30-6-5-19(17)31(2)20(32)14-8-15(21(24,25)26)10-16(9-14)22(27,28)29;/h3-4,7-10,17,19,30H,5-6,11H2,1-2H3;1H/t17-,19+;/m0./s1. The number of hydrogen-bond donors (Lipinski definition) is 1. The Kier molecular flexibility index (Phi) is 8.06. The number of amides is 1. The summed E-state index contributed by atoms with van der Waals surface area (Å²) in [6.07, 6.45) is -9.66. The summed E-state index contributed by atoms with van der Waals surface area (Å²) in [6.45, 7) is 2.51. The maximum Gasteiger partial charge on any atom is 0.416 e. The molecule has 1 fully saturated rings. The highest BCUT2D eigenvalue weighted by molar-refractivity contribution is 5.95. The molecule has 3 rings (SSSR count). The Morgan fingerprint density at radius 1 is 1.00 bits per heavy atom. The maximum absolute atomic E-state index is 13.7. The van der Waals surface area contributed by atoms with Crippen molar-refractivity contribution < 1.29 is 35.5 Å². The van der Waals surface area contributed by atoms with E-state index in [9.17, 15) is 35.5 Å². The van der Waals surface area contributed by atoms with Crippen molar-refractivity contribution in [1.29, 1.82) is 0 Å². The minimum absolute atomic E-state index is 0. The lowest BCUT2D eigenvalue weighted by molar-refractivity contribution is -0.143. The average Bonchev–Trinajstić information content (AvgIpc) is 2.73. The fourth-order valence-corrected chi connectivity index (χ4v) is 3.98. The molecule has 1 heterocycles. The molecular formula is C22H22ClF7N2O. The molecule has 1 saturated heterocycles. The predicted octanol–water partition coefficient (Wildman–Crippen LogP) is 5.81. The Bertz CT molecular complexity index is 975. The van der Waals surface area contributed by atoms with E-state index in [1.807, 2.05) is 0 Å². The summed E-state index contributed by atoms with van der Waals surface area (Å²) < 4.78 is 92.7. The monoisotopic (exact) mass is 498 g/mol. The van der Waals surface area contributed by atoms with E-state index in [1.54, 1.807) is 19.1 Å². The van der Waals surface area contributed by atoms with Crippen LogP contribution in [0.25, 0.3) is 0 Å². The van der Waals surface area contributed by atoms with Gasteiger partial charge in [-0.3, -0.25) is 4.79 Å². The van der Waals surface area contributed by atoms with Gasteiger partial charge in [-0.2, -0.15) is 26.3 Å². The van der Waals surface area contributed by atoms with Gasteiger partial charge in [0, 0.05) is 31.1 Å². The normalized spacial score (nSPS) is 19.1. The van der Waals surface area contributed by atoms with Crippen LogP contribution in [0.2, 0.25) is 0 Å². The first-order valence-corrected chi connectivity index (χ1v) is 9.82. The number of nitrogens with zero attached hydrogens (tertiary/aromatic N) is 1. The van der Waals surface area contributed by atoms with E-state index in [4.69, 9.17) is 0 Å². The summed E-state index contributed by atoms with van der Waals surface area (Å²) in [7, 11) is 1.36. The molecule has 0 radical (unpaired) electrons. The predicted molar refractivity (Wildman–Crippen MR) is 111 cm³/mol. The molecule has 1 amide bonds. The van der Waals surface area contributed by atoms with Crippen molar-refractivity contribution >= 4 is 18.3 Å². The van der Waals surface area contributed by atoms with Crippen LogP contribution >= 0.6 is 12.4 Å². The van der Waals surface area contributed by atoms with Crippen molar-refractivity contribution in [2.75, 3.05) is 20.1 Å². The number of hydrogen-bond acceptors (Lipinski definition) is 2. The zero-order valence-corrected chi connectivity index (χ0v) is 18.5. The van der Waals surface area contributed by atoms with Gasteiger partial charge >= 0.3 is 12.4 Å². The highest BCUT2D eigenvalue weighted by Crippen LogP contribution is 2.37. The molecule has 11 heteroatoms. The SMILES string of the molecule is Cc1cc([C@@H]2CNCC[C@H]2N(C)C(=O)c2cc(C(F)(F)F)cc(C(F)(F)F)c2)ccc1F.Cl. The number of carbonyl (C=O) groups is 1. The second kappa shape index (κ2) is 9.89. The number of halogens is 8. The third-order valence-corrected chi connectivity index (χ3v) is 5.71. The van der Waals surface area contributed by atoms with Crippen molar-refractivity contribution in [3.63, 3.8) is 0 Å². The van der Waals surface area contributed by atoms with Crippen molar-refractivity contribution in [2.45, 2.75) is 37.7 Å². The van der Waals surface area contributed by atoms with Crippen LogP contribution in [-0.2, 0) is 12.4 Å². The highest BCUT2D eigenvalue weighted by atomic mass is 35.5. The lowest BCUT2D eigenvalue weighted by Gasteiger charge is -2.39. The quantitative estimate of drug-likeness (QED) is 0.542. The van der Waals surface area contributed by atoms with E-state index >= 15 is 0 Å². The summed E-state index contributed by atoms with van der Waals surface area (Å²) in [5, 5.41) is 3.16. The second-order valence-corrected chi connectivity index (χ2v) is 7.89. The van der Waals surface area contributed by atoms with Gasteiger partial charge in [0.15, 0.2) is 0 Å². The first-order chi connectivity index (χ1) is 14.8. The van der Waals surface area contributed by atoms with E-state index in [0.717, 1.165) is 5.56 Å². The number of likely N-dealkylation sites (N-methyl/N-ethyl adjacent to an activating group) is 1. The van der Waals surface area contributed by atoms with Crippen LogP contribution in [0.5, 0.6) is 0 Å². The number of rotatable bonds is 3. The molecule has 0 aromatic heterocycles. The Labute approximate surface area is 192 Å². The van der Waals surface area contributed by atoms with Gasteiger partial charge in [0.1, 0.15) is 5.82 Å². The zero-order chi connectivity index (χ0) is 23.8. The van der Waals surface area contributed by atoms with Crippen LogP contribution in [0.3, 0.4) is 0 Å². The van der Waals surface area contributed by atoms with Crippen LogP contribution in [-0.4, -0.2) is 37.0 Å². The molecule has 2 aromatic rings. The summed E-state index contributed by atoms with van der Waals surface area (Å²) in [6, 6.07) is 4.85. The summed E-state index contributed by atoms with van der Waals surface area (Å²) in [5.41, 5.74) is -2.66. The summed E-state index contributed by atoms with van der Waals surface area (Å²) in [4.78, 5) is 14.2. The molecule has 182 valence electrons. The third-order valence-electron chi connectivity index (χ3n) is 5.71. The van der Waals surface area contributed by atoms with Gasteiger partial charge in [0.2, 0.25) is 0 Å². The molecule has 0 aliphatic carbocycles. The molecule has 1 aliphatic rings. The van der Waals surface area contributed by atoms with Crippen LogP contribution in [0.1, 0.15) is 45.0 Å². The molecule has 0 bridgehead atoms. The molecule has 1 aliphatic heterocycles. The van der Waals surface area contributed by atoms with Gasteiger partial charge in [-0.25, -0.2) is 4.39 Å². The lowest BCUT2D eigenvalue weighted by Crippen LogP contribution is -2.49. The van der Waals surface area contributed by atoms with Gasteiger partial charge in [-0.05, 0) is 55.3 Å². The third kappa shape index (κ3) is 5.97. The van der Waals surface area contributed by atoms with E-state index in [1.165, 1.54) is 18.0 Å². The van der Waals surface area contributed by atoms with Crippen molar-refractivity contribution in [3.05, 3.63) is 70.0 Å². The number of carbonyl (C=O) groups excluding carboxylic acids is 1. The molecule has 2 atom stereocenters. The van der Waals surface area contributed by atoms with Crippen LogP contribution < -0.4 is 5.32 Å². The number of aryl methyl sites for hydroxylation is 1. The van der Waals surface area contributed by atoms with E-state index in [2.05, 4.69) is 5.32 Å². The largest absolute Gasteiger partial charge is 0.416 e. The number of benzene rings is 2. The zero-order valence-electron chi connectivity index (χ0n) is 17.6. The van der Waals surface area contributed by atoms with Gasteiger partial charge in [-0.1, -0.05) is 12.1 Å². The number of alkyl halides is 6. The minimum atomic E-state index is -5.04. The first kappa shape index (κ1) is 26.9. The molecule has 0 spiro atoms. The summed E-state index contributed by atoms with van der Waals surface area (Å²) >= 11 is 0. The highest BCUT2D eigenvalue weighted by Gasteiger charge is 2.39. The Morgan fingerprint density at radius 3 is 2.09 bits per heavy atom. The molecule has 33 heavy (non-hydrogen) atoms. The summed E-state index contributed by atoms with van der Waals surface area (Å²) in [5.74, 6) is -1.66. The molecule has 0 saturated carbocycles. The minimum Gasteiger partial charge on any atom is -0.338 e. The molecular weight excluding hydrogens is 477 g/mol. The van der Waals surface area contributed by atoms with Crippen LogP contribution in [0.15, 0.2) is 36.4 Å². The van der Waals surface area contributed by atoms with Crippen molar-refractivity contribution in [2.24, 2.45) is 0 Å². The first-order valence-electron chi connectivity index (χ1n) is 9.82. The molecule has 0 unspecified atom stereocenters. The van der Waals surface area contributed by atoms with E-state index < -0.39 is 46.8 Å². The van der Waals surface area contributed by atoms with Gasteiger partial charge < -0.3 is 10.2 Å². The smallest absolute Gasteiger partial charge is 0.338 e. The van der Waals surface area contributed by atoms with E-state index in [-0.39, 0.29) is 24.4 Å². The Hall–Kier alpha value is -2.33. The van der Waals surface area contributed by atoms with Gasteiger partial charge in [-0.15, -0.1) is 12.4 Å². The van der Waals surface area contributed by atoms with Crippen LogP contribution in [0, 0.1) is 12.7 Å². The molecule has 3 nitrogen and oxygen atoms in total. The van der Waals surface area contributed by atoms with E-state index in [0.29, 0.717) is 37.2 Å². The number of nitrogens with one attached hydrogen (secondary N) is 1. The second-order valence-electron chi connectivity index (χ2n) is 7.89. The van der Waals surface area contributed by atoms with Gasteiger partial charge in [0.05, 0.1) is 11.1 Å². The fourth-order valence-electron chi connectivity index (χ4n) is 3.98. The van der Waals surface area contributed by atoms with Crippen LogP contribution in [0.4, 0.5) is 30.7 Å². The Balaban J connectivity index is 0.00000385. The average molecular weight is 499 g/mol. The molecule has 2 aromatic carbocycles. The fraction of sp³-hybridized carbons (Fsp3) is 0.409. The molecule has 1 N–H and O–H groups in total. The van der Waals surface area contributed by atoms with Crippen molar-refractivity contribution in [1.82, 2.24) is 10.2 Å².